The smallest absolute Gasteiger partial charge is 0.187 e. The number of halogens is 1. The maximum absolute atomic E-state index is 12.1. The van der Waals surface area contributed by atoms with Crippen molar-refractivity contribution in [3.8, 4) is 0 Å². The largest absolute Gasteiger partial charge is 0.292 e. The minimum absolute atomic E-state index is 0.0818. The molecule has 1 aromatic heterocycles. The first-order valence-corrected chi connectivity index (χ1v) is 6.19. The zero-order chi connectivity index (χ0) is 13.2. The Morgan fingerprint density at radius 2 is 1.58 bits per heavy atom. The molecule has 2 aromatic carbocycles. The van der Waals surface area contributed by atoms with Crippen molar-refractivity contribution in [3.05, 3.63) is 59.1 Å². The highest BCUT2D eigenvalue weighted by Crippen LogP contribution is 2.16. The lowest BCUT2D eigenvalue weighted by Gasteiger charge is -2.02. The number of hydrogen-bond donors (Lipinski definition) is 0. The summed E-state index contributed by atoms with van der Waals surface area (Å²) in [6.45, 7) is 0.0818. The van der Waals surface area contributed by atoms with Crippen molar-refractivity contribution in [3.63, 3.8) is 0 Å². The molecule has 0 radical (unpaired) electrons. The summed E-state index contributed by atoms with van der Waals surface area (Å²) in [5.41, 5.74) is 2.04. The van der Waals surface area contributed by atoms with Gasteiger partial charge in [0.1, 0.15) is 17.6 Å². The number of ketones is 1. The predicted octanol–water partition coefficient (Wildman–Crippen LogP) is 2.97. The van der Waals surface area contributed by atoms with Gasteiger partial charge in [-0.1, -0.05) is 35.9 Å². The second-order valence-electron chi connectivity index (χ2n) is 4.12. The molecule has 19 heavy (non-hydrogen) atoms. The van der Waals surface area contributed by atoms with E-state index in [4.69, 9.17) is 11.6 Å². The predicted molar refractivity (Wildman–Crippen MR) is 73.3 cm³/mol. The van der Waals surface area contributed by atoms with Crippen LogP contribution < -0.4 is 0 Å². The molecule has 0 atom stereocenters. The number of carbonyl (C=O) groups is 1. The summed E-state index contributed by atoms with van der Waals surface area (Å²) < 4.78 is 0. The van der Waals surface area contributed by atoms with E-state index in [1.807, 2.05) is 24.3 Å². The molecule has 0 aliphatic carbocycles. The monoisotopic (exact) mass is 271 g/mol. The third-order valence-corrected chi connectivity index (χ3v) is 3.12. The van der Waals surface area contributed by atoms with Crippen LogP contribution in [0.2, 0.25) is 5.02 Å². The SMILES string of the molecule is O=C(Cn1nc2ccccc2n1)c1ccccc1Cl. The number of fused-ring (bicyclic) bond motifs is 1. The Balaban J connectivity index is 1.89. The number of aromatic nitrogens is 3. The van der Waals surface area contributed by atoms with E-state index >= 15 is 0 Å². The number of rotatable bonds is 3. The first-order chi connectivity index (χ1) is 9.24. The maximum Gasteiger partial charge on any atom is 0.187 e. The Morgan fingerprint density at radius 1 is 1.00 bits per heavy atom. The van der Waals surface area contributed by atoms with E-state index in [1.54, 1.807) is 24.3 Å². The highest BCUT2D eigenvalue weighted by atomic mass is 35.5. The van der Waals surface area contributed by atoms with Crippen LogP contribution in [-0.4, -0.2) is 20.8 Å². The molecule has 0 saturated heterocycles. The van der Waals surface area contributed by atoms with Gasteiger partial charge in [0.15, 0.2) is 5.78 Å². The lowest BCUT2D eigenvalue weighted by atomic mass is 10.1. The van der Waals surface area contributed by atoms with E-state index < -0.39 is 0 Å². The number of benzene rings is 2. The van der Waals surface area contributed by atoms with Gasteiger partial charge in [-0.25, -0.2) is 0 Å². The van der Waals surface area contributed by atoms with Gasteiger partial charge in [0.05, 0.1) is 5.02 Å². The van der Waals surface area contributed by atoms with Crippen molar-refractivity contribution in [2.45, 2.75) is 6.54 Å². The fraction of sp³-hybridized carbons (Fsp3) is 0.0714. The summed E-state index contributed by atoms with van der Waals surface area (Å²) in [4.78, 5) is 13.5. The van der Waals surface area contributed by atoms with Crippen molar-refractivity contribution in [1.29, 1.82) is 0 Å². The van der Waals surface area contributed by atoms with Crippen molar-refractivity contribution < 1.29 is 4.79 Å². The van der Waals surface area contributed by atoms with Crippen LogP contribution in [0.5, 0.6) is 0 Å². The van der Waals surface area contributed by atoms with E-state index in [0.717, 1.165) is 11.0 Å². The molecule has 0 spiro atoms. The fourth-order valence-electron chi connectivity index (χ4n) is 1.88. The highest BCUT2D eigenvalue weighted by Gasteiger charge is 2.12. The van der Waals surface area contributed by atoms with Gasteiger partial charge < -0.3 is 0 Å². The summed E-state index contributed by atoms with van der Waals surface area (Å²) in [5, 5.41) is 8.95. The molecule has 0 aliphatic heterocycles. The van der Waals surface area contributed by atoms with Crippen molar-refractivity contribution >= 4 is 28.4 Å². The summed E-state index contributed by atoms with van der Waals surface area (Å²) in [6.07, 6.45) is 0. The van der Waals surface area contributed by atoms with Crippen LogP contribution in [-0.2, 0) is 6.54 Å². The van der Waals surface area contributed by atoms with E-state index in [1.165, 1.54) is 4.80 Å². The molecular weight excluding hydrogens is 262 g/mol. The van der Waals surface area contributed by atoms with Crippen molar-refractivity contribution in [2.24, 2.45) is 0 Å². The number of carbonyl (C=O) groups excluding carboxylic acids is 1. The molecule has 0 aliphatic rings. The Hall–Kier alpha value is -2.20. The zero-order valence-electron chi connectivity index (χ0n) is 9.95. The molecule has 5 heteroatoms. The van der Waals surface area contributed by atoms with E-state index in [9.17, 15) is 4.79 Å². The molecule has 0 unspecified atom stereocenters. The Morgan fingerprint density at radius 3 is 2.21 bits per heavy atom. The Labute approximate surface area is 114 Å². The standard InChI is InChI=1S/C14H10ClN3O/c15-11-6-2-1-5-10(11)14(19)9-18-16-12-7-3-4-8-13(12)17-18/h1-8H,9H2. The average molecular weight is 272 g/mol. The quantitative estimate of drug-likeness (QED) is 0.688. The van der Waals surface area contributed by atoms with Crippen LogP contribution in [0.15, 0.2) is 48.5 Å². The number of Topliss-reactive ketones (excluding diaryl/α,β-unsaturated/α-hetero) is 1. The first-order valence-electron chi connectivity index (χ1n) is 5.81. The molecule has 1 heterocycles. The molecule has 0 amide bonds. The van der Waals surface area contributed by atoms with Gasteiger partial charge >= 0.3 is 0 Å². The normalized spacial score (nSPS) is 10.8. The van der Waals surface area contributed by atoms with Crippen LogP contribution in [0.1, 0.15) is 10.4 Å². The molecule has 0 saturated carbocycles. The lowest BCUT2D eigenvalue weighted by molar-refractivity contribution is 0.0963. The minimum Gasteiger partial charge on any atom is -0.292 e. The molecule has 0 N–H and O–H groups in total. The molecular formula is C14H10ClN3O. The van der Waals surface area contributed by atoms with Gasteiger partial charge in [0.2, 0.25) is 0 Å². The summed E-state index contributed by atoms with van der Waals surface area (Å²) in [6, 6.07) is 14.5. The number of hydrogen-bond acceptors (Lipinski definition) is 3. The van der Waals surface area contributed by atoms with E-state index in [-0.39, 0.29) is 12.3 Å². The van der Waals surface area contributed by atoms with Crippen molar-refractivity contribution in [2.75, 3.05) is 0 Å². The van der Waals surface area contributed by atoms with Gasteiger partial charge in [-0.05, 0) is 24.3 Å². The van der Waals surface area contributed by atoms with Gasteiger partial charge in [-0.15, -0.1) is 0 Å². The van der Waals surface area contributed by atoms with Crippen LogP contribution in [0.25, 0.3) is 11.0 Å². The summed E-state index contributed by atoms with van der Waals surface area (Å²) in [5.74, 6) is -0.106. The molecule has 3 rings (SSSR count). The van der Waals surface area contributed by atoms with Crippen LogP contribution in [0, 0.1) is 0 Å². The van der Waals surface area contributed by atoms with Crippen LogP contribution >= 0.6 is 11.6 Å². The molecule has 0 fully saturated rings. The van der Waals surface area contributed by atoms with Gasteiger partial charge in [-0.2, -0.15) is 15.0 Å². The van der Waals surface area contributed by atoms with Crippen LogP contribution in [0.4, 0.5) is 0 Å². The van der Waals surface area contributed by atoms with Crippen molar-refractivity contribution in [1.82, 2.24) is 15.0 Å². The average Bonchev–Trinajstić information content (AvgIpc) is 2.81. The zero-order valence-corrected chi connectivity index (χ0v) is 10.7. The number of nitrogens with zero attached hydrogens (tertiary/aromatic N) is 3. The lowest BCUT2D eigenvalue weighted by Crippen LogP contribution is -2.13. The Bertz CT molecular complexity index is 718. The summed E-state index contributed by atoms with van der Waals surface area (Å²) >= 11 is 5.99. The van der Waals surface area contributed by atoms with Crippen LogP contribution in [0.3, 0.4) is 0 Å². The molecule has 3 aromatic rings. The molecule has 94 valence electrons. The molecule has 4 nitrogen and oxygen atoms in total. The minimum atomic E-state index is -0.106. The van der Waals surface area contributed by atoms with E-state index in [2.05, 4.69) is 10.2 Å². The topological polar surface area (TPSA) is 47.8 Å². The van der Waals surface area contributed by atoms with E-state index in [0.29, 0.717) is 10.6 Å². The molecule has 0 bridgehead atoms. The van der Waals surface area contributed by atoms with Gasteiger partial charge in [0, 0.05) is 5.56 Å². The first kappa shape index (κ1) is 11.9. The van der Waals surface area contributed by atoms with Gasteiger partial charge in [-0.3, -0.25) is 4.79 Å². The third-order valence-electron chi connectivity index (χ3n) is 2.79. The summed E-state index contributed by atoms with van der Waals surface area (Å²) in [7, 11) is 0. The third kappa shape index (κ3) is 2.35. The second kappa shape index (κ2) is 4.82. The fourth-order valence-corrected chi connectivity index (χ4v) is 2.12. The maximum atomic E-state index is 12.1. The Kier molecular flexibility index (Phi) is 3.01. The van der Waals surface area contributed by atoms with Gasteiger partial charge in [0.25, 0.3) is 0 Å². The second-order valence-corrected chi connectivity index (χ2v) is 4.53. The highest BCUT2D eigenvalue weighted by molar-refractivity contribution is 6.33.